The van der Waals surface area contributed by atoms with Crippen molar-refractivity contribution in [1.29, 1.82) is 0 Å². The number of carboxylic acids is 1. The van der Waals surface area contributed by atoms with Crippen molar-refractivity contribution in [1.82, 2.24) is 4.98 Å². The second-order valence-corrected chi connectivity index (χ2v) is 2.83. The van der Waals surface area contributed by atoms with Crippen molar-refractivity contribution in [2.24, 2.45) is 5.73 Å². The Morgan fingerprint density at radius 1 is 1.53 bits per heavy atom. The Hall–Kier alpha value is -1.90. The molecule has 0 unspecified atom stereocenters. The number of halogens is 4. The van der Waals surface area contributed by atoms with E-state index in [0.29, 0.717) is 6.20 Å². The standard InChI is InChI=1S/C8H6F4N2O3/c9-5-4(7(15)16)3(1-13)2-14-6(5)17-8(10,11)12/h2H,1,13H2,(H,15,16). The average Bonchev–Trinajstić information content (AvgIpc) is 2.18. The lowest BCUT2D eigenvalue weighted by molar-refractivity contribution is -0.277. The van der Waals surface area contributed by atoms with Gasteiger partial charge in [-0.1, -0.05) is 0 Å². The topological polar surface area (TPSA) is 85.4 Å². The normalized spacial score (nSPS) is 11.4. The number of nitrogens with zero attached hydrogens (tertiary/aromatic N) is 1. The van der Waals surface area contributed by atoms with Crippen LogP contribution in [0.25, 0.3) is 0 Å². The summed E-state index contributed by atoms with van der Waals surface area (Å²) in [5.74, 6) is -4.91. The first kappa shape index (κ1) is 13.2. The predicted molar refractivity (Wildman–Crippen MR) is 45.7 cm³/mol. The number of aromatic carboxylic acids is 1. The van der Waals surface area contributed by atoms with E-state index in [9.17, 15) is 22.4 Å². The summed E-state index contributed by atoms with van der Waals surface area (Å²) >= 11 is 0. The van der Waals surface area contributed by atoms with Gasteiger partial charge in [-0.05, 0) is 0 Å². The number of pyridine rings is 1. The highest BCUT2D eigenvalue weighted by Gasteiger charge is 2.34. The minimum atomic E-state index is -5.16. The van der Waals surface area contributed by atoms with E-state index in [0.717, 1.165) is 0 Å². The Bertz CT molecular complexity index is 447. The first-order valence-electron chi connectivity index (χ1n) is 4.12. The molecule has 1 aromatic heterocycles. The van der Waals surface area contributed by atoms with E-state index in [4.69, 9.17) is 10.8 Å². The van der Waals surface area contributed by atoms with Crippen LogP contribution in [0.2, 0.25) is 0 Å². The summed E-state index contributed by atoms with van der Waals surface area (Å²) < 4.78 is 52.1. The van der Waals surface area contributed by atoms with E-state index < -0.39 is 29.6 Å². The Morgan fingerprint density at radius 3 is 2.53 bits per heavy atom. The van der Waals surface area contributed by atoms with Gasteiger partial charge in [0, 0.05) is 18.3 Å². The van der Waals surface area contributed by atoms with E-state index in [1.807, 2.05) is 0 Å². The van der Waals surface area contributed by atoms with Crippen LogP contribution in [-0.4, -0.2) is 22.4 Å². The quantitative estimate of drug-likeness (QED) is 0.793. The Labute approximate surface area is 91.8 Å². The van der Waals surface area contributed by atoms with E-state index in [1.165, 1.54) is 0 Å². The summed E-state index contributed by atoms with van der Waals surface area (Å²) in [6.07, 6.45) is -4.44. The highest BCUT2D eigenvalue weighted by molar-refractivity contribution is 5.90. The minimum Gasteiger partial charge on any atom is -0.478 e. The summed E-state index contributed by atoms with van der Waals surface area (Å²) in [6.45, 7) is -0.377. The van der Waals surface area contributed by atoms with Gasteiger partial charge in [-0.15, -0.1) is 13.2 Å². The van der Waals surface area contributed by atoms with Crippen LogP contribution < -0.4 is 10.5 Å². The molecule has 1 aromatic rings. The zero-order chi connectivity index (χ0) is 13.2. The molecular weight excluding hydrogens is 248 g/mol. The number of hydrogen-bond acceptors (Lipinski definition) is 4. The fraction of sp³-hybridized carbons (Fsp3) is 0.250. The molecule has 0 saturated carbocycles. The molecule has 0 aliphatic heterocycles. The summed E-state index contributed by atoms with van der Waals surface area (Å²) in [7, 11) is 0. The fourth-order valence-corrected chi connectivity index (χ4v) is 1.07. The molecule has 9 heteroatoms. The SMILES string of the molecule is NCc1cnc(OC(F)(F)F)c(F)c1C(=O)O. The molecule has 5 nitrogen and oxygen atoms in total. The average molecular weight is 254 g/mol. The van der Waals surface area contributed by atoms with Gasteiger partial charge in [-0.3, -0.25) is 0 Å². The fourth-order valence-electron chi connectivity index (χ4n) is 1.07. The lowest BCUT2D eigenvalue weighted by Crippen LogP contribution is -2.21. The van der Waals surface area contributed by atoms with Gasteiger partial charge in [-0.25, -0.2) is 14.2 Å². The minimum absolute atomic E-state index is 0.232. The monoisotopic (exact) mass is 254 g/mol. The first-order chi connectivity index (χ1) is 7.76. The zero-order valence-corrected chi connectivity index (χ0v) is 8.08. The van der Waals surface area contributed by atoms with Gasteiger partial charge in [0.25, 0.3) is 5.88 Å². The molecule has 0 fully saturated rings. The zero-order valence-electron chi connectivity index (χ0n) is 8.08. The Morgan fingerprint density at radius 2 is 2.12 bits per heavy atom. The van der Waals surface area contributed by atoms with Crippen LogP contribution in [0.4, 0.5) is 17.6 Å². The van der Waals surface area contributed by atoms with Crippen LogP contribution in [0, 0.1) is 5.82 Å². The maximum Gasteiger partial charge on any atom is 0.574 e. The molecule has 17 heavy (non-hydrogen) atoms. The number of aromatic nitrogens is 1. The van der Waals surface area contributed by atoms with Gasteiger partial charge in [-0.2, -0.15) is 0 Å². The van der Waals surface area contributed by atoms with Gasteiger partial charge < -0.3 is 15.6 Å². The Balaban J connectivity index is 3.28. The van der Waals surface area contributed by atoms with Gasteiger partial charge in [0.1, 0.15) is 5.56 Å². The van der Waals surface area contributed by atoms with Crippen molar-refractivity contribution < 1.29 is 32.2 Å². The van der Waals surface area contributed by atoms with E-state index in [1.54, 1.807) is 0 Å². The summed E-state index contributed by atoms with van der Waals surface area (Å²) in [5.41, 5.74) is 3.89. The smallest absolute Gasteiger partial charge is 0.478 e. The number of ether oxygens (including phenoxy) is 1. The maximum atomic E-state index is 13.4. The number of alkyl halides is 3. The second kappa shape index (κ2) is 4.53. The van der Waals surface area contributed by atoms with Crippen LogP contribution in [0.3, 0.4) is 0 Å². The number of carboxylic acid groups (broad SMARTS) is 1. The molecule has 0 radical (unpaired) electrons. The molecule has 94 valence electrons. The predicted octanol–water partition coefficient (Wildman–Crippen LogP) is 1.28. The van der Waals surface area contributed by atoms with Gasteiger partial charge in [0.05, 0.1) is 0 Å². The van der Waals surface area contributed by atoms with Gasteiger partial charge in [0.15, 0.2) is 5.82 Å². The summed E-state index contributed by atoms with van der Waals surface area (Å²) in [4.78, 5) is 13.7. The van der Waals surface area contributed by atoms with Gasteiger partial charge >= 0.3 is 12.3 Å². The third-order valence-corrected chi connectivity index (χ3v) is 1.71. The third kappa shape index (κ3) is 3.03. The van der Waals surface area contributed by atoms with Crippen molar-refractivity contribution in [3.8, 4) is 5.88 Å². The Kier molecular flexibility index (Phi) is 3.51. The molecule has 0 aliphatic rings. The van der Waals surface area contributed by atoms with Crippen LogP contribution in [0.1, 0.15) is 15.9 Å². The molecule has 0 spiro atoms. The number of carbonyl (C=O) groups is 1. The molecule has 0 amide bonds. The molecule has 1 rings (SSSR count). The number of rotatable bonds is 3. The molecule has 0 saturated heterocycles. The lowest BCUT2D eigenvalue weighted by Gasteiger charge is -2.11. The summed E-state index contributed by atoms with van der Waals surface area (Å²) in [5, 5.41) is 8.64. The molecule has 3 N–H and O–H groups in total. The molecule has 0 aliphatic carbocycles. The molecular formula is C8H6F4N2O3. The van der Waals surface area contributed by atoms with Crippen LogP contribution in [-0.2, 0) is 6.54 Å². The highest BCUT2D eigenvalue weighted by Crippen LogP contribution is 2.26. The molecule has 0 bridgehead atoms. The van der Waals surface area contributed by atoms with Gasteiger partial charge in [0.2, 0.25) is 0 Å². The summed E-state index contributed by atoms with van der Waals surface area (Å²) in [6, 6.07) is 0. The van der Waals surface area contributed by atoms with Crippen molar-refractivity contribution in [2.75, 3.05) is 0 Å². The van der Waals surface area contributed by atoms with Crippen LogP contribution in [0.15, 0.2) is 6.20 Å². The third-order valence-electron chi connectivity index (χ3n) is 1.71. The van der Waals surface area contributed by atoms with Crippen LogP contribution in [0.5, 0.6) is 5.88 Å². The largest absolute Gasteiger partial charge is 0.574 e. The second-order valence-electron chi connectivity index (χ2n) is 2.83. The van der Waals surface area contributed by atoms with Crippen molar-refractivity contribution >= 4 is 5.97 Å². The van der Waals surface area contributed by atoms with Crippen molar-refractivity contribution in [3.05, 3.63) is 23.1 Å². The van der Waals surface area contributed by atoms with Crippen molar-refractivity contribution in [3.63, 3.8) is 0 Å². The maximum absolute atomic E-state index is 13.4. The first-order valence-corrected chi connectivity index (χ1v) is 4.12. The molecule has 1 heterocycles. The number of hydrogen-bond donors (Lipinski definition) is 2. The van der Waals surface area contributed by atoms with E-state index >= 15 is 0 Å². The van der Waals surface area contributed by atoms with Crippen LogP contribution >= 0.6 is 0 Å². The lowest BCUT2D eigenvalue weighted by atomic mass is 10.1. The molecule has 0 atom stereocenters. The van der Waals surface area contributed by atoms with Crippen molar-refractivity contribution in [2.45, 2.75) is 12.9 Å². The van der Waals surface area contributed by atoms with E-state index in [-0.39, 0.29) is 12.1 Å². The van der Waals surface area contributed by atoms with E-state index in [2.05, 4.69) is 9.72 Å². The highest BCUT2D eigenvalue weighted by atomic mass is 19.4. The molecule has 0 aromatic carbocycles. The number of nitrogens with two attached hydrogens (primary N) is 1.